The third-order valence-electron chi connectivity index (χ3n) is 3.00. The second-order valence-corrected chi connectivity index (χ2v) is 5.35. The molecule has 1 amide bonds. The van der Waals surface area contributed by atoms with Gasteiger partial charge >= 0.3 is 0 Å². The van der Waals surface area contributed by atoms with E-state index in [4.69, 9.17) is 0 Å². The van der Waals surface area contributed by atoms with Crippen molar-refractivity contribution in [1.82, 2.24) is 0 Å². The molecule has 0 saturated heterocycles. The maximum absolute atomic E-state index is 12.1. The van der Waals surface area contributed by atoms with E-state index in [1.165, 1.54) is 17.4 Å². The zero-order chi connectivity index (χ0) is 13.4. The van der Waals surface area contributed by atoms with E-state index in [0.29, 0.717) is 10.5 Å². The van der Waals surface area contributed by atoms with Crippen molar-refractivity contribution >= 4 is 34.3 Å². The molecule has 0 spiro atoms. The molecule has 3 rings (SSSR count). The first kappa shape index (κ1) is 11.9. The van der Waals surface area contributed by atoms with E-state index in [2.05, 4.69) is 5.32 Å². The van der Waals surface area contributed by atoms with Crippen molar-refractivity contribution in [2.45, 2.75) is 6.92 Å². The molecule has 4 heteroatoms. The minimum Gasteiger partial charge on any atom is -0.321 e. The lowest BCUT2D eigenvalue weighted by Crippen LogP contribution is -2.05. The molecule has 0 radical (unpaired) electrons. The molecule has 1 N–H and O–H groups in total. The molecule has 19 heavy (non-hydrogen) atoms. The molecule has 0 atom stereocenters. The predicted octanol–water partition coefficient (Wildman–Crippen LogP) is 3.27. The van der Waals surface area contributed by atoms with Gasteiger partial charge in [0.2, 0.25) is 0 Å². The van der Waals surface area contributed by atoms with Gasteiger partial charge in [-0.25, -0.2) is 0 Å². The normalized spacial score (nSPS) is 15.4. The van der Waals surface area contributed by atoms with Gasteiger partial charge < -0.3 is 5.32 Å². The van der Waals surface area contributed by atoms with Crippen LogP contribution in [0.4, 0.5) is 5.69 Å². The maximum Gasteiger partial charge on any atom is 0.256 e. The fourth-order valence-corrected chi connectivity index (χ4v) is 2.70. The zero-order valence-electron chi connectivity index (χ0n) is 10.3. The molecule has 2 heterocycles. The molecule has 1 aliphatic heterocycles. The first-order valence-corrected chi connectivity index (χ1v) is 6.75. The van der Waals surface area contributed by atoms with Crippen molar-refractivity contribution < 1.29 is 9.59 Å². The lowest BCUT2D eigenvalue weighted by molar-refractivity contribution is -0.110. The Balaban J connectivity index is 2.04. The highest BCUT2D eigenvalue weighted by molar-refractivity contribution is 7.12. The van der Waals surface area contributed by atoms with Crippen LogP contribution in [0.25, 0.3) is 5.57 Å². The summed E-state index contributed by atoms with van der Waals surface area (Å²) in [4.78, 5) is 24.6. The van der Waals surface area contributed by atoms with E-state index in [0.717, 1.165) is 16.8 Å². The van der Waals surface area contributed by atoms with Crippen LogP contribution in [-0.4, -0.2) is 11.7 Å². The molecule has 1 aromatic heterocycles. The van der Waals surface area contributed by atoms with E-state index < -0.39 is 0 Å². The lowest BCUT2D eigenvalue weighted by Gasteiger charge is -1.99. The molecule has 0 saturated carbocycles. The number of aryl methyl sites for hydroxylation is 1. The highest BCUT2D eigenvalue weighted by Gasteiger charge is 2.25. The number of nitrogens with one attached hydrogen (secondary N) is 1. The van der Waals surface area contributed by atoms with Crippen LogP contribution in [0, 0.1) is 6.92 Å². The minimum absolute atomic E-state index is 0.130. The Morgan fingerprint density at radius 3 is 2.89 bits per heavy atom. The third-order valence-corrected chi connectivity index (χ3v) is 3.88. The van der Waals surface area contributed by atoms with Crippen molar-refractivity contribution in [3.8, 4) is 0 Å². The number of amides is 1. The topological polar surface area (TPSA) is 46.2 Å². The van der Waals surface area contributed by atoms with Gasteiger partial charge in [0.1, 0.15) is 0 Å². The average Bonchev–Trinajstić information content (AvgIpc) is 2.99. The predicted molar refractivity (Wildman–Crippen MR) is 76.4 cm³/mol. The summed E-state index contributed by atoms with van der Waals surface area (Å²) in [6, 6.07) is 9.29. The number of ketones is 1. The number of anilines is 1. The lowest BCUT2D eigenvalue weighted by atomic mass is 10.0. The Labute approximate surface area is 114 Å². The molecule has 2 aromatic rings. The number of carbonyl (C=O) groups is 2. The highest BCUT2D eigenvalue weighted by Crippen LogP contribution is 2.32. The van der Waals surface area contributed by atoms with Gasteiger partial charge in [-0.2, -0.15) is 0 Å². The van der Waals surface area contributed by atoms with E-state index in [-0.39, 0.29) is 11.7 Å². The van der Waals surface area contributed by atoms with Crippen LogP contribution in [0.2, 0.25) is 0 Å². The fraction of sp³-hybridized carbons (Fsp3) is 0.0667. The Morgan fingerprint density at radius 2 is 2.16 bits per heavy atom. The summed E-state index contributed by atoms with van der Waals surface area (Å²) in [6.45, 7) is 1.96. The second kappa shape index (κ2) is 4.48. The Bertz CT molecular complexity index is 699. The summed E-state index contributed by atoms with van der Waals surface area (Å²) < 4.78 is 0. The molecule has 3 nitrogen and oxygen atoms in total. The molecular formula is C15H11NO2S. The smallest absolute Gasteiger partial charge is 0.256 e. The summed E-state index contributed by atoms with van der Waals surface area (Å²) in [5.41, 5.74) is 3.07. The molecule has 1 aliphatic rings. The molecule has 0 unspecified atom stereocenters. The van der Waals surface area contributed by atoms with Gasteiger partial charge in [-0.05, 0) is 30.5 Å². The monoisotopic (exact) mass is 269 g/mol. The van der Waals surface area contributed by atoms with Crippen LogP contribution in [0.3, 0.4) is 0 Å². The number of allylic oxidation sites excluding steroid dienone is 1. The van der Waals surface area contributed by atoms with Crippen LogP contribution in [0.1, 0.15) is 20.8 Å². The number of carbonyl (C=O) groups excluding carboxylic acids is 2. The Morgan fingerprint density at radius 1 is 1.32 bits per heavy atom. The van der Waals surface area contributed by atoms with Crippen molar-refractivity contribution in [3.63, 3.8) is 0 Å². The van der Waals surface area contributed by atoms with Crippen LogP contribution in [0.15, 0.2) is 41.8 Å². The molecule has 94 valence electrons. The van der Waals surface area contributed by atoms with Crippen molar-refractivity contribution in [2.24, 2.45) is 0 Å². The summed E-state index contributed by atoms with van der Waals surface area (Å²) >= 11 is 1.37. The van der Waals surface area contributed by atoms with Gasteiger partial charge in [-0.3, -0.25) is 9.59 Å². The minimum atomic E-state index is -0.217. The molecule has 0 fully saturated rings. The molecule has 0 bridgehead atoms. The van der Waals surface area contributed by atoms with E-state index in [1.807, 2.05) is 36.6 Å². The number of fused-ring (bicyclic) bond motifs is 1. The standard InChI is InChI=1S/C15H11NO2S/c1-9-4-5-12-10(7-9)11(15(18)16-12)8-13(17)14-3-2-6-19-14/h2-8H,1H3,(H,16,18)/b11-8+. The average molecular weight is 269 g/mol. The van der Waals surface area contributed by atoms with Gasteiger partial charge in [-0.15, -0.1) is 11.3 Å². The molecule has 1 aromatic carbocycles. The number of thiophene rings is 1. The molecular weight excluding hydrogens is 258 g/mol. The van der Waals surface area contributed by atoms with Gasteiger partial charge in [0, 0.05) is 17.3 Å². The van der Waals surface area contributed by atoms with Crippen LogP contribution in [0.5, 0.6) is 0 Å². The van der Waals surface area contributed by atoms with E-state index in [9.17, 15) is 9.59 Å². The summed E-state index contributed by atoms with van der Waals surface area (Å²) in [5.74, 6) is -0.347. The highest BCUT2D eigenvalue weighted by atomic mass is 32.1. The quantitative estimate of drug-likeness (QED) is 0.671. The van der Waals surface area contributed by atoms with Gasteiger partial charge in [0.15, 0.2) is 5.78 Å². The number of benzene rings is 1. The largest absolute Gasteiger partial charge is 0.321 e. The van der Waals surface area contributed by atoms with Crippen molar-refractivity contribution in [2.75, 3.05) is 5.32 Å². The second-order valence-electron chi connectivity index (χ2n) is 4.40. The maximum atomic E-state index is 12.1. The summed E-state index contributed by atoms with van der Waals surface area (Å²) in [7, 11) is 0. The van der Waals surface area contributed by atoms with E-state index in [1.54, 1.807) is 6.07 Å². The first-order chi connectivity index (χ1) is 9.15. The van der Waals surface area contributed by atoms with Crippen molar-refractivity contribution in [1.29, 1.82) is 0 Å². The summed E-state index contributed by atoms with van der Waals surface area (Å²) in [6.07, 6.45) is 1.42. The number of hydrogen-bond acceptors (Lipinski definition) is 3. The third kappa shape index (κ3) is 2.11. The zero-order valence-corrected chi connectivity index (χ0v) is 11.1. The first-order valence-electron chi connectivity index (χ1n) is 5.87. The number of hydrogen-bond donors (Lipinski definition) is 1. The van der Waals surface area contributed by atoms with E-state index >= 15 is 0 Å². The van der Waals surface area contributed by atoms with Gasteiger partial charge in [0.25, 0.3) is 5.91 Å². The number of rotatable bonds is 2. The van der Waals surface area contributed by atoms with Crippen LogP contribution >= 0.6 is 11.3 Å². The van der Waals surface area contributed by atoms with Crippen molar-refractivity contribution in [3.05, 3.63) is 57.8 Å². The van der Waals surface area contributed by atoms with Crippen LogP contribution < -0.4 is 5.32 Å². The van der Waals surface area contributed by atoms with Gasteiger partial charge in [-0.1, -0.05) is 17.7 Å². The van der Waals surface area contributed by atoms with Crippen LogP contribution in [-0.2, 0) is 4.79 Å². The van der Waals surface area contributed by atoms with Gasteiger partial charge in [0.05, 0.1) is 10.5 Å². The summed E-state index contributed by atoms with van der Waals surface area (Å²) in [5, 5.41) is 4.62. The fourth-order valence-electron chi connectivity index (χ4n) is 2.07. The Kier molecular flexibility index (Phi) is 2.80. The SMILES string of the molecule is Cc1ccc2c(c1)/C(=C\C(=O)c1cccs1)C(=O)N2. The molecule has 0 aliphatic carbocycles. The Hall–Kier alpha value is -2.20.